The van der Waals surface area contributed by atoms with Crippen LogP contribution in [0.1, 0.15) is 69.1 Å². The lowest BCUT2D eigenvalue weighted by molar-refractivity contribution is -0.141. The Morgan fingerprint density at radius 1 is 1.12 bits per heavy atom. The lowest BCUT2D eigenvalue weighted by Gasteiger charge is -2.31. The third-order valence-electron chi connectivity index (χ3n) is 11.1. The number of ether oxygens (including phenoxy) is 2. The molecule has 1 aromatic rings. The molecule has 6 amide bonds. The van der Waals surface area contributed by atoms with Gasteiger partial charge < -0.3 is 29.9 Å². The van der Waals surface area contributed by atoms with Crippen LogP contribution in [0.15, 0.2) is 49.6 Å². The number of amides is 6. The summed E-state index contributed by atoms with van der Waals surface area (Å²) in [6.45, 7) is 11.1. The van der Waals surface area contributed by atoms with Crippen LogP contribution in [0, 0.1) is 11.3 Å². The normalized spacial score (nSPS) is 27.6. The number of allylic oxidation sites excluding steroid dienone is 1. The Morgan fingerprint density at radius 2 is 1.88 bits per heavy atom. The summed E-state index contributed by atoms with van der Waals surface area (Å²) in [5.74, 6) is -3.64. The largest absolute Gasteiger partial charge is 0.449 e. The van der Waals surface area contributed by atoms with Gasteiger partial charge in [-0.1, -0.05) is 56.9 Å². The fraction of sp³-hybridized carbons (Fsp3) is 0.538. The van der Waals surface area contributed by atoms with Gasteiger partial charge >= 0.3 is 12.2 Å². The van der Waals surface area contributed by atoms with Gasteiger partial charge in [-0.2, -0.15) is 0 Å². The Morgan fingerprint density at radius 3 is 2.55 bits per heavy atom. The van der Waals surface area contributed by atoms with Gasteiger partial charge in [0, 0.05) is 25.9 Å². The molecule has 0 aromatic heterocycles. The molecule has 3 fully saturated rings. The summed E-state index contributed by atoms with van der Waals surface area (Å²) in [6, 6.07) is 3.08. The smallest absolute Gasteiger partial charge is 0.410 e. The van der Waals surface area contributed by atoms with E-state index in [1.54, 1.807) is 0 Å². The molecule has 0 radical (unpaired) electrons. The monoisotopic (exact) mass is 794 g/mol. The first-order chi connectivity index (χ1) is 26.5. The van der Waals surface area contributed by atoms with Crippen molar-refractivity contribution >= 4 is 51.9 Å². The van der Waals surface area contributed by atoms with E-state index in [4.69, 9.17) is 9.47 Å². The van der Waals surface area contributed by atoms with E-state index >= 15 is 0 Å². The molecule has 3 heterocycles. The van der Waals surface area contributed by atoms with Crippen molar-refractivity contribution in [2.45, 2.75) is 94.4 Å². The summed E-state index contributed by atoms with van der Waals surface area (Å²) < 4.78 is 39.0. The minimum Gasteiger partial charge on any atom is -0.449 e. The van der Waals surface area contributed by atoms with Crippen LogP contribution < -0.4 is 15.4 Å². The van der Waals surface area contributed by atoms with Gasteiger partial charge in [-0.3, -0.25) is 28.8 Å². The fourth-order valence-corrected chi connectivity index (χ4v) is 8.81. The van der Waals surface area contributed by atoms with E-state index in [0.717, 1.165) is 27.7 Å². The molecule has 1 saturated heterocycles. The molecule has 5 atom stereocenters. The van der Waals surface area contributed by atoms with Gasteiger partial charge in [-0.25, -0.2) is 18.0 Å². The van der Waals surface area contributed by atoms with Crippen LogP contribution in [-0.4, -0.2) is 115 Å². The Labute approximate surface area is 326 Å². The van der Waals surface area contributed by atoms with E-state index in [1.165, 1.54) is 22.9 Å². The quantitative estimate of drug-likeness (QED) is 0.246. The van der Waals surface area contributed by atoms with Gasteiger partial charge in [-0.15, -0.1) is 6.58 Å². The Balaban J connectivity index is 1.30. The van der Waals surface area contributed by atoms with Crippen LogP contribution in [0.25, 0.3) is 6.08 Å². The number of alkyl carbamates (subject to hydrolysis) is 1. The zero-order valence-corrected chi connectivity index (χ0v) is 32.8. The molecular weight excluding hydrogens is 745 g/mol. The lowest BCUT2D eigenvalue weighted by atomic mass is 9.88. The second-order valence-corrected chi connectivity index (χ2v) is 18.0. The third kappa shape index (κ3) is 8.77. The van der Waals surface area contributed by atoms with Crippen LogP contribution in [-0.2, 0) is 51.8 Å². The lowest BCUT2D eigenvalue weighted by Crippen LogP contribution is -2.59. The molecule has 2 saturated carbocycles. The second kappa shape index (κ2) is 15.7. The minimum atomic E-state index is -3.96. The molecule has 0 spiro atoms. The maximum Gasteiger partial charge on any atom is 0.410 e. The number of cyclic esters (lactones) is 1. The van der Waals surface area contributed by atoms with Crippen LogP contribution in [0.5, 0.6) is 0 Å². The number of sulfonamides is 1. The maximum atomic E-state index is 14.5. The maximum absolute atomic E-state index is 14.5. The first-order valence-electron chi connectivity index (χ1n) is 18.8. The summed E-state index contributed by atoms with van der Waals surface area (Å²) in [7, 11) is -2.54. The van der Waals surface area contributed by atoms with Gasteiger partial charge in [0.2, 0.25) is 27.7 Å². The molecule has 17 heteroatoms. The zero-order valence-electron chi connectivity index (χ0n) is 32.0. The van der Waals surface area contributed by atoms with Crippen LogP contribution in [0.4, 0.5) is 9.59 Å². The van der Waals surface area contributed by atoms with E-state index in [1.807, 2.05) is 44.2 Å². The molecule has 2 aliphatic carbocycles. The van der Waals surface area contributed by atoms with E-state index < -0.39 is 86.1 Å². The van der Waals surface area contributed by atoms with Crippen molar-refractivity contribution in [2.24, 2.45) is 11.3 Å². The molecule has 3 N–H and O–H groups in total. The van der Waals surface area contributed by atoms with Crippen molar-refractivity contribution < 1.29 is 46.7 Å². The number of rotatable bonds is 9. The highest BCUT2D eigenvalue weighted by Gasteiger charge is 2.62. The molecular formula is C39H50N6O10S. The summed E-state index contributed by atoms with van der Waals surface area (Å²) in [6.07, 6.45) is 6.03. The average molecular weight is 795 g/mol. The SMILES string of the molecule is C=CC(=O)N(C)CC1NC(=O)OCC(C)(C)CCC=Cc2cccc3c2CN(C3)C(=O)OC2CC(C(=O)NC3(C(=O)NS(=O)(=O)C4CC4)CC3C=C)N(C2)C1=O. The van der Waals surface area contributed by atoms with Crippen LogP contribution in [0.2, 0.25) is 0 Å². The standard InChI is InChI=1S/C39H50N6O10S/c1-6-26-18-39(26,35(49)42-56(52,53)28-14-15-28)41-33(47)31-17-27-20-45(31)34(48)30(22-43(5)32(46)7-2)40-36(50)54-23-38(3,4)16-9-8-11-24-12-10-13-25-19-44(21-29(24)25)37(51)55-27/h6-8,10-13,26-28,30-31H,1-2,9,14-23H2,3-5H3,(H,40,50)(H,41,47)(H,42,49). The van der Waals surface area contributed by atoms with E-state index in [9.17, 15) is 37.2 Å². The van der Waals surface area contributed by atoms with Crippen molar-refractivity contribution in [3.05, 3.63) is 66.3 Å². The van der Waals surface area contributed by atoms with Gasteiger partial charge in [0.15, 0.2) is 0 Å². The number of fused-ring (bicyclic) bond motifs is 3. The highest BCUT2D eigenvalue weighted by molar-refractivity contribution is 7.91. The van der Waals surface area contributed by atoms with Gasteiger partial charge in [-0.05, 0) is 60.3 Å². The highest BCUT2D eigenvalue weighted by atomic mass is 32.2. The van der Waals surface area contributed by atoms with E-state index in [0.29, 0.717) is 32.2 Å². The highest BCUT2D eigenvalue weighted by Crippen LogP contribution is 2.45. The number of carbonyl (C=O) groups is 6. The van der Waals surface area contributed by atoms with E-state index in [-0.39, 0.29) is 39.1 Å². The van der Waals surface area contributed by atoms with Crippen LogP contribution >= 0.6 is 0 Å². The first kappa shape index (κ1) is 40.5. The molecule has 302 valence electrons. The molecule has 3 aliphatic heterocycles. The number of hydrogen-bond donors (Lipinski definition) is 3. The summed E-state index contributed by atoms with van der Waals surface area (Å²) in [5, 5.41) is 4.58. The average Bonchev–Trinajstić information content (AvgIpc) is 4.05. The molecule has 5 unspecified atom stereocenters. The Bertz CT molecular complexity index is 1960. The zero-order chi connectivity index (χ0) is 40.6. The van der Waals surface area contributed by atoms with E-state index in [2.05, 4.69) is 28.5 Å². The molecule has 16 nitrogen and oxygen atoms in total. The molecule has 6 rings (SSSR count). The predicted octanol–water partition coefficient (Wildman–Crippen LogP) is 2.35. The number of likely N-dealkylation sites (N-methyl/N-ethyl adjacent to an activating group) is 1. The number of nitrogens with one attached hydrogen (secondary N) is 3. The van der Waals surface area contributed by atoms with Crippen molar-refractivity contribution in [2.75, 3.05) is 26.7 Å². The van der Waals surface area contributed by atoms with Crippen molar-refractivity contribution in [3.63, 3.8) is 0 Å². The van der Waals surface area contributed by atoms with Crippen LogP contribution in [0.3, 0.4) is 0 Å². The predicted molar refractivity (Wildman–Crippen MR) is 203 cm³/mol. The summed E-state index contributed by atoms with van der Waals surface area (Å²) in [4.78, 5) is 85.6. The Hall–Kier alpha value is -5.19. The second-order valence-electron chi connectivity index (χ2n) is 16.1. The number of nitrogens with zero attached hydrogens (tertiary/aromatic N) is 3. The number of benzene rings is 1. The topological polar surface area (TPSA) is 201 Å². The first-order valence-corrected chi connectivity index (χ1v) is 20.4. The van der Waals surface area contributed by atoms with Gasteiger partial charge in [0.25, 0.3) is 5.91 Å². The third-order valence-corrected chi connectivity index (χ3v) is 12.9. The molecule has 4 bridgehead atoms. The van der Waals surface area contributed by atoms with Gasteiger partial charge in [0.1, 0.15) is 23.7 Å². The summed E-state index contributed by atoms with van der Waals surface area (Å²) in [5.41, 5.74) is 0.801. The fourth-order valence-electron chi connectivity index (χ4n) is 7.45. The molecule has 1 aromatic carbocycles. The Kier molecular flexibility index (Phi) is 11.4. The minimum absolute atomic E-state index is 0.0164. The summed E-state index contributed by atoms with van der Waals surface area (Å²) >= 11 is 0. The van der Waals surface area contributed by atoms with Gasteiger partial charge in [0.05, 0.1) is 31.5 Å². The number of carbonyl (C=O) groups excluding carboxylic acids is 6. The van der Waals surface area contributed by atoms with Crippen molar-refractivity contribution in [3.8, 4) is 0 Å². The van der Waals surface area contributed by atoms with Crippen molar-refractivity contribution in [1.29, 1.82) is 0 Å². The molecule has 5 aliphatic rings. The van der Waals surface area contributed by atoms with Crippen molar-refractivity contribution in [1.82, 2.24) is 30.1 Å². The molecule has 56 heavy (non-hydrogen) atoms. The number of hydrogen-bond acceptors (Lipinski definition) is 10.